The minimum Gasteiger partial charge on any atom is -0.363 e. The number of likely N-dealkylation sites (tertiary alicyclic amines) is 1. The quantitative estimate of drug-likeness (QED) is 0.315. The van der Waals surface area contributed by atoms with E-state index in [4.69, 9.17) is 0 Å². The fourth-order valence-corrected chi connectivity index (χ4v) is 4.49. The lowest BCUT2D eigenvalue weighted by molar-refractivity contribution is 0.140. The van der Waals surface area contributed by atoms with Crippen LogP contribution in [0.1, 0.15) is 36.4 Å². The molecule has 1 unspecified atom stereocenters. The third-order valence-corrected chi connectivity index (χ3v) is 6.48. The molecule has 2 N–H and O–H groups in total. The van der Waals surface area contributed by atoms with E-state index in [1.165, 1.54) is 30.8 Å². The van der Waals surface area contributed by atoms with Gasteiger partial charge in [-0.15, -0.1) is 35.3 Å². The topological polar surface area (TPSA) is 55.8 Å². The third-order valence-electron chi connectivity index (χ3n) is 5.50. The summed E-state index contributed by atoms with van der Waals surface area (Å²) in [7, 11) is 5.83. The molecule has 166 valence electrons. The van der Waals surface area contributed by atoms with E-state index in [2.05, 4.69) is 49.9 Å². The minimum absolute atomic E-state index is 0. The van der Waals surface area contributed by atoms with Crippen molar-refractivity contribution in [2.75, 3.05) is 45.7 Å². The molecule has 1 fully saturated rings. The van der Waals surface area contributed by atoms with Crippen LogP contribution < -0.4 is 15.5 Å². The van der Waals surface area contributed by atoms with E-state index in [9.17, 15) is 0 Å². The van der Waals surface area contributed by atoms with E-state index >= 15 is 0 Å². The lowest BCUT2D eigenvalue weighted by Crippen LogP contribution is -2.44. The van der Waals surface area contributed by atoms with Crippen molar-refractivity contribution >= 4 is 47.1 Å². The number of halogens is 1. The highest BCUT2D eigenvalue weighted by atomic mass is 127. The number of hydrogen-bond donors (Lipinski definition) is 2. The predicted molar refractivity (Wildman–Crippen MR) is 139 cm³/mol. The molecule has 1 saturated heterocycles. The minimum atomic E-state index is 0. The standard InChI is InChI=1S/C22H34N6S.HI/c1-17-10-12-28(13-11-17)19(20-8-6-14-29-20)16-25-22(23-2)24-15-18-7-5-9-21(26-18)27(3)4;/h5-9,14,17,19H,10-13,15-16H2,1-4H3,(H2,23,24,25);1H. The van der Waals surface area contributed by atoms with Crippen molar-refractivity contribution in [1.82, 2.24) is 20.5 Å². The smallest absolute Gasteiger partial charge is 0.191 e. The zero-order valence-corrected chi connectivity index (χ0v) is 21.6. The molecule has 1 atom stereocenters. The molecular weight excluding hydrogens is 507 g/mol. The van der Waals surface area contributed by atoms with Gasteiger partial charge in [0, 0.05) is 32.6 Å². The van der Waals surface area contributed by atoms with Gasteiger partial charge in [-0.3, -0.25) is 9.89 Å². The first-order chi connectivity index (χ1) is 14.1. The number of aromatic nitrogens is 1. The highest BCUT2D eigenvalue weighted by Crippen LogP contribution is 2.29. The van der Waals surface area contributed by atoms with Crippen LogP contribution >= 0.6 is 35.3 Å². The van der Waals surface area contributed by atoms with Crippen LogP contribution in [-0.2, 0) is 6.54 Å². The SMILES string of the molecule is CN=C(NCc1cccc(N(C)C)n1)NCC(c1cccs1)N1CCC(C)CC1.I. The maximum absolute atomic E-state index is 4.67. The first-order valence-corrected chi connectivity index (χ1v) is 11.3. The molecule has 0 bridgehead atoms. The first kappa shape index (κ1) is 24.9. The molecule has 0 radical (unpaired) electrons. The van der Waals surface area contributed by atoms with E-state index in [1.807, 2.05) is 55.6 Å². The lowest BCUT2D eigenvalue weighted by atomic mass is 9.97. The van der Waals surface area contributed by atoms with Gasteiger partial charge in [-0.2, -0.15) is 0 Å². The lowest BCUT2D eigenvalue weighted by Gasteiger charge is -2.36. The highest BCUT2D eigenvalue weighted by Gasteiger charge is 2.25. The molecular formula is C22H35IN6S. The number of nitrogens with one attached hydrogen (secondary N) is 2. The van der Waals surface area contributed by atoms with Gasteiger partial charge in [0.05, 0.1) is 18.3 Å². The maximum atomic E-state index is 4.67. The van der Waals surface area contributed by atoms with Crippen LogP contribution in [0.5, 0.6) is 0 Å². The van der Waals surface area contributed by atoms with Crippen molar-refractivity contribution in [1.29, 1.82) is 0 Å². The molecule has 0 spiro atoms. The molecule has 0 amide bonds. The average Bonchev–Trinajstić information content (AvgIpc) is 3.26. The molecule has 3 heterocycles. The van der Waals surface area contributed by atoms with Crippen LogP contribution in [0.15, 0.2) is 40.7 Å². The normalized spacial score (nSPS) is 16.6. The van der Waals surface area contributed by atoms with Gasteiger partial charge in [-0.1, -0.05) is 19.1 Å². The molecule has 0 aliphatic carbocycles. The number of hydrogen-bond acceptors (Lipinski definition) is 5. The Morgan fingerprint density at radius 2 is 2.00 bits per heavy atom. The van der Waals surface area contributed by atoms with Crippen molar-refractivity contribution in [3.05, 3.63) is 46.3 Å². The summed E-state index contributed by atoms with van der Waals surface area (Å²) in [5, 5.41) is 9.12. The molecule has 1 aliphatic heterocycles. The van der Waals surface area contributed by atoms with Crippen molar-refractivity contribution < 1.29 is 0 Å². The van der Waals surface area contributed by atoms with E-state index in [0.717, 1.165) is 29.9 Å². The summed E-state index contributed by atoms with van der Waals surface area (Å²) in [6.07, 6.45) is 2.56. The molecule has 1 aliphatic rings. The number of piperidine rings is 1. The van der Waals surface area contributed by atoms with Crippen LogP contribution in [0, 0.1) is 5.92 Å². The molecule has 3 rings (SSSR count). The largest absolute Gasteiger partial charge is 0.363 e. The summed E-state index contributed by atoms with van der Waals surface area (Å²) in [6, 6.07) is 10.9. The highest BCUT2D eigenvalue weighted by molar-refractivity contribution is 14.0. The predicted octanol–water partition coefficient (Wildman–Crippen LogP) is 3.97. The fraction of sp³-hybridized carbons (Fsp3) is 0.545. The number of rotatable bonds is 7. The van der Waals surface area contributed by atoms with Crippen molar-refractivity contribution in [3.63, 3.8) is 0 Å². The number of pyridine rings is 1. The summed E-state index contributed by atoms with van der Waals surface area (Å²) in [5.74, 6) is 2.61. The van der Waals surface area contributed by atoms with Crippen LogP contribution in [0.4, 0.5) is 5.82 Å². The number of anilines is 1. The Labute approximate surface area is 202 Å². The zero-order valence-electron chi connectivity index (χ0n) is 18.5. The van der Waals surface area contributed by atoms with Gasteiger partial charge in [0.15, 0.2) is 5.96 Å². The van der Waals surface area contributed by atoms with E-state index in [-0.39, 0.29) is 24.0 Å². The van der Waals surface area contributed by atoms with Crippen molar-refractivity contribution in [2.45, 2.75) is 32.4 Å². The van der Waals surface area contributed by atoms with Gasteiger partial charge in [0.2, 0.25) is 0 Å². The van der Waals surface area contributed by atoms with E-state index in [0.29, 0.717) is 12.6 Å². The van der Waals surface area contributed by atoms with Gasteiger partial charge in [-0.25, -0.2) is 4.98 Å². The Kier molecular flexibility index (Phi) is 10.3. The second-order valence-electron chi connectivity index (χ2n) is 7.94. The molecule has 2 aromatic heterocycles. The Morgan fingerprint density at radius 3 is 2.63 bits per heavy atom. The first-order valence-electron chi connectivity index (χ1n) is 10.4. The van der Waals surface area contributed by atoms with Gasteiger partial charge in [0.25, 0.3) is 0 Å². The molecule has 0 saturated carbocycles. The summed E-state index contributed by atoms with van der Waals surface area (Å²) >= 11 is 1.84. The molecule has 2 aromatic rings. The van der Waals surface area contributed by atoms with Crippen LogP contribution in [-0.4, -0.2) is 56.6 Å². The Hall–Kier alpha value is -1.39. The van der Waals surface area contributed by atoms with Gasteiger partial charge in [-0.05, 0) is 55.4 Å². The summed E-state index contributed by atoms with van der Waals surface area (Å²) in [5.41, 5.74) is 0.999. The van der Waals surface area contributed by atoms with Gasteiger partial charge in [0.1, 0.15) is 5.82 Å². The number of nitrogens with zero attached hydrogens (tertiary/aromatic N) is 4. The van der Waals surface area contributed by atoms with Gasteiger partial charge < -0.3 is 15.5 Å². The van der Waals surface area contributed by atoms with Crippen LogP contribution in [0.3, 0.4) is 0 Å². The third kappa shape index (κ3) is 7.09. The molecule has 30 heavy (non-hydrogen) atoms. The summed E-state index contributed by atoms with van der Waals surface area (Å²) in [4.78, 5) is 15.1. The number of guanidine groups is 1. The Morgan fingerprint density at radius 1 is 1.23 bits per heavy atom. The summed E-state index contributed by atoms with van der Waals surface area (Å²) < 4.78 is 0. The number of aliphatic imine (C=N–C) groups is 1. The van der Waals surface area contributed by atoms with Gasteiger partial charge >= 0.3 is 0 Å². The maximum Gasteiger partial charge on any atom is 0.191 e. The average molecular weight is 543 g/mol. The van der Waals surface area contributed by atoms with Crippen molar-refractivity contribution in [2.24, 2.45) is 10.9 Å². The monoisotopic (exact) mass is 542 g/mol. The Balaban J connectivity index is 0.00000320. The second kappa shape index (κ2) is 12.5. The van der Waals surface area contributed by atoms with E-state index in [1.54, 1.807) is 0 Å². The zero-order chi connectivity index (χ0) is 20.6. The molecule has 8 heteroatoms. The Bertz CT molecular complexity index is 772. The van der Waals surface area contributed by atoms with Crippen LogP contribution in [0.25, 0.3) is 0 Å². The number of thiophene rings is 1. The molecule has 6 nitrogen and oxygen atoms in total. The van der Waals surface area contributed by atoms with Crippen molar-refractivity contribution in [3.8, 4) is 0 Å². The van der Waals surface area contributed by atoms with E-state index < -0.39 is 0 Å². The van der Waals surface area contributed by atoms with Crippen LogP contribution in [0.2, 0.25) is 0 Å². The second-order valence-corrected chi connectivity index (χ2v) is 8.92. The molecule has 0 aromatic carbocycles. The fourth-order valence-electron chi connectivity index (χ4n) is 3.63. The summed E-state index contributed by atoms with van der Waals surface area (Å²) in [6.45, 7) is 6.18.